The zero-order chi connectivity index (χ0) is 13.7. The van der Waals surface area contributed by atoms with E-state index in [2.05, 4.69) is 17.1 Å². The summed E-state index contributed by atoms with van der Waals surface area (Å²) in [6, 6.07) is 0. The van der Waals surface area contributed by atoms with Crippen molar-refractivity contribution in [3.05, 3.63) is 0 Å². The first-order valence-corrected chi connectivity index (χ1v) is 7.47. The molecule has 6 heteroatoms. The van der Waals surface area contributed by atoms with Gasteiger partial charge in [-0.15, -0.1) is 12.4 Å². The zero-order valence-electron chi connectivity index (χ0n) is 12.3. The number of hydrogen-bond acceptors (Lipinski definition) is 4. The molecule has 0 spiro atoms. The maximum absolute atomic E-state index is 11.5. The molecule has 0 bridgehead atoms. The van der Waals surface area contributed by atoms with Gasteiger partial charge in [-0.2, -0.15) is 0 Å². The van der Waals surface area contributed by atoms with E-state index < -0.39 is 0 Å². The lowest BCUT2D eigenvalue weighted by Crippen LogP contribution is -2.42. The predicted molar refractivity (Wildman–Crippen MR) is 80.9 cm³/mol. The standard InChI is InChI=1S/C14H25N3O2.ClH/c1-2-15-11-12-5-7-16(8-6-12)9-10-17-13(18)3-4-14(17)19;/h12,15H,2-11H2,1H3;1H. The Morgan fingerprint density at radius 1 is 1.10 bits per heavy atom. The normalized spacial score (nSPS) is 21.4. The number of rotatable bonds is 6. The van der Waals surface area contributed by atoms with E-state index in [9.17, 15) is 9.59 Å². The Kier molecular flexibility index (Phi) is 7.48. The monoisotopic (exact) mass is 303 g/mol. The first-order valence-electron chi connectivity index (χ1n) is 7.47. The van der Waals surface area contributed by atoms with Crippen LogP contribution >= 0.6 is 12.4 Å². The lowest BCUT2D eigenvalue weighted by Gasteiger charge is -2.32. The summed E-state index contributed by atoms with van der Waals surface area (Å²) in [5.41, 5.74) is 0. The van der Waals surface area contributed by atoms with E-state index in [-0.39, 0.29) is 24.2 Å². The summed E-state index contributed by atoms with van der Waals surface area (Å²) >= 11 is 0. The molecule has 116 valence electrons. The minimum absolute atomic E-state index is 0. The molecule has 0 unspecified atom stereocenters. The number of nitrogens with zero attached hydrogens (tertiary/aromatic N) is 2. The summed E-state index contributed by atoms with van der Waals surface area (Å²) in [5.74, 6) is 0.797. The van der Waals surface area contributed by atoms with Gasteiger partial charge in [0.15, 0.2) is 0 Å². The topological polar surface area (TPSA) is 52.6 Å². The van der Waals surface area contributed by atoms with Crippen molar-refractivity contribution in [1.82, 2.24) is 15.1 Å². The molecular formula is C14H26ClN3O2. The molecule has 2 aliphatic rings. The van der Waals surface area contributed by atoms with Gasteiger partial charge in [0.25, 0.3) is 0 Å². The van der Waals surface area contributed by atoms with Crippen molar-refractivity contribution < 1.29 is 9.59 Å². The van der Waals surface area contributed by atoms with E-state index in [1.54, 1.807) is 0 Å². The second kappa shape index (κ2) is 8.60. The highest BCUT2D eigenvalue weighted by Gasteiger charge is 2.29. The molecule has 0 aromatic carbocycles. The van der Waals surface area contributed by atoms with Gasteiger partial charge in [-0.05, 0) is 44.9 Å². The second-order valence-corrected chi connectivity index (χ2v) is 5.53. The van der Waals surface area contributed by atoms with Crippen LogP contribution < -0.4 is 5.32 Å². The molecule has 20 heavy (non-hydrogen) atoms. The zero-order valence-corrected chi connectivity index (χ0v) is 13.1. The number of likely N-dealkylation sites (tertiary alicyclic amines) is 2. The third-order valence-electron chi connectivity index (χ3n) is 4.18. The van der Waals surface area contributed by atoms with Crippen molar-refractivity contribution in [2.75, 3.05) is 39.3 Å². The Morgan fingerprint density at radius 2 is 1.70 bits per heavy atom. The van der Waals surface area contributed by atoms with Gasteiger partial charge < -0.3 is 10.2 Å². The van der Waals surface area contributed by atoms with Crippen LogP contribution in [-0.4, -0.2) is 60.9 Å². The summed E-state index contributed by atoms with van der Waals surface area (Å²) in [6.07, 6.45) is 3.25. The first kappa shape index (κ1) is 17.4. The maximum atomic E-state index is 11.5. The van der Waals surface area contributed by atoms with Crippen LogP contribution in [0.1, 0.15) is 32.6 Å². The van der Waals surface area contributed by atoms with Gasteiger partial charge in [-0.25, -0.2) is 0 Å². The summed E-state index contributed by atoms with van der Waals surface area (Å²) < 4.78 is 0. The molecule has 0 aromatic heterocycles. The number of halogens is 1. The fraction of sp³-hybridized carbons (Fsp3) is 0.857. The SMILES string of the molecule is CCNCC1CCN(CCN2C(=O)CCC2=O)CC1.Cl. The van der Waals surface area contributed by atoms with Crippen molar-refractivity contribution in [2.24, 2.45) is 5.92 Å². The quantitative estimate of drug-likeness (QED) is 0.740. The van der Waals surface area contributed by atoms with E-state index in [0.717, 1.165) is 38.6 Å². The summed E-state index contributed by atoms with van der Waals surface area (Å²) in [6.45, 7) is 7.89. The molecule has 5 nitrogen and oxygen atoms in total. The van der Waals surface area contributed by atoms with Crippen molar-refractivity contribution in [1.29, 1.82) is 0 Å². The minimum Gasteiger partial charge on any atom is -0.317 e. The average Bonchev–Trinajstić information content (AvgIpc) is 2.75. The van der Waals surface area contributed by atoms with Crippen LogP contribution in [0.3, 0.4) is 0 Å². The Labute approximate surface area is 127 Å². The highest BCUT2D eigenvalue weighted by molar-refractivity contribution is 6.01. The molecule has 2 saturated heterocycles. The van der Waals surface area contributed by atoms with Gasteiger partial charge in [-0.1, -0.05) is 6.92 Å². The third kappa shape index (κ3) is 4.72. The van der Waals surface area contributed by atoms with Gasteiger partial charge in [-0.3, -0.25) is 14.5 Å². The number of nitrogens with one attached hydrogen (secondary N) is 1. The van der Waals surface area contributed by atoms with E-state index in [4.69, 9.17) is 0 Å². The van der Waals surface area contributed by atoms with Gasteiger partial charge in [0.2, 0.25) is 11.8 Å². The fourth-order valence-corrected chi connectivity index (χ4v) is 2.88. The summed E-state index contributed by atoms with van der Waals surface area (Å²) in [5, 5.41) is 3.41. The van der Waals surface area contributed by atoms with E-state index >= 15 is 0 Å². The van der Waals surface area contributed by atoms with Crippen molar-refractivity contribution >= 4 is 24.2 Å². The van der Waals surface area contributed by atoms with Crippen LogP contribution in [0.4, 0.5) is 0 Å². The number of carbonyl (C=O) groups is 2. The lowest BCUT2D eigenvalue weighted by atomic mass is 9.97. The smallest absolute Gasteiger partial charge is 0.229 e. The van der Waals surface area contributed by atoms with Gasteiger partial charge in [0.1, 0.15) is 0 Å². The minimum atomic E-state index is 0. The van der Waals surface area contributed by atoms with Crippen LogP contribution in [0.25, 0.3) is 0 Å². The molecule has 0 saturated carbocycles. The van der Waals surface area contributed by atoms with Crippen LogP contribution in [0.2, 0.25) is 0 Å². The van der Waals surface area contributed by atoms with Gasteiger partial charge in [0, 0.05) is 25.9 Å². The van der Waals surface area contributed by atoms with Crippen LogP contribution in [0.15, 0.2) is 0 Å². The van der Waals surface area contributed by atoms with Gasteiger partial charge >= 0.3 is 0 Å². The average molecular weight is 304 g/mol. The van der Waals surface area contributed by atoms with E-state index in [1.165, 1.54) is 17.7 Å². The highest BCUT2D eigenvalue weighted by Crippen LogP contribution is 2.17. The third-order valence-corrected chi connectivity index (χ3v) is 4.18. The Balaban J connectivity index is 0.00000200. The molecule has 2 amide bonds. The number of carbonyl (C=O) groups excluding carboxylic acids is 2. The summed E-state index contributed by atoms with van der Waals surface area (Å²) in [7, 11) is 0. The van der Waals surface area contributed by atoms with Crippen molar-refractivity contribution in [2.45, 2.75) is 32.6 Å². The molecule has 0 aliphatic carbocycles. The molecule has 0 atom stereocenters. The van der Waals surface area contributed by atoms with Crippen LogP contribution in [-0.2, 0) is 9.59 Å². The number of piperidine rings is 1. The number of amides is 2. The van der Waals surface area contributed by atoms with Gasteiger partial charge in [0.05, 0.1) is 0 Å². The van der Waals surface area contributed by atoms with E-state index in [0.29, 0.717) is 19.4 Å². The molecule has 0 radical (unpaired) electrons. The van der Waals surface area contributed by atoms with Crippen molar-refractivity contribution in [3.63, 3.8) is 0 Å². The molecule has 2 rings (SSSR count). The maximum Gasteiger partial charge on any atom is 0.229 e. The van der Waals surface area contributed by atoms with E-state index in [1.807, 2.05) is 0 Å². The summed E-state index contributed by atoms with van der Waals surface area (Å²) in [4.78, 5) is 26.8. The fourth-order valence-electron chi connectivity index (χ4n) is 2.88. The second-order valence-electron chi connectivity index (χ2n) is 5.53. The van der Waals surface area contributed by atoms with Crippen LogP contribution in [0.5, 0.6) is 0 Å². The molecule has 2 heterocycles. The lowest BCUT2D eigenvalue weighted by molar-refractivity contribution is -0.138. The predicted octanol–water partition coefficient (Wildman–Crippen LogP) is 0.879. The first-order chi connectivity index (χ1) is 9.20. The molecule has 1 N–H and O–H groups in total. The Morgan fingerprint density at radius 3 is 2.25 bits per heavy atom. The molecule has 2 aliphatic heterocycles. The largest absolute Gasteiger partial charge is 0.317 e. The molecular weight excluding hydrogens is 278 g/mol. The molecule has 0 aromatic rings. The number of imide groups is 1. The highest BCUT2D eigenvalue weighted by atomic mass is 35.5. The Hall–Kier alpha value is -0.650. The van der Waals surface area contributed by atoms with Crippen molar-refractivity contribution in [3.8, 4) is 0 Å². The number of hydrogen-bond donors (Lipinski definition) is 1. The van der Waals surface area contributed by atoms with Crippen LogP contribution in [0, 0.1) is 5.92 Å². The molecule has 2 fully saturated rings. The Bertz CT molecular complexity index is 314.